The van der Waals surface area contributed by atoms with Gasteiger partial charge in [-0.25, -0.2) is 0 Å². The molecule has 0 fully saturated rings. The number of benzene rings is 1. The van der Waals surface area contributed by atoms with Gasteiger partial charge in [0.1, 0.15) is 0 Å². The molecule has 0 aliphatic heterocycles. The van der Waals surface area contributed by atoms with E-state index in [1.165, 1.54) is 0 Å². The molecule has 1 unspecified atom stereocenters. The second-order valence-electron chi connectivity index (χ2n) is 4.84. The van der Waals surface area contributed by atoms with Crippen LogP contribution in [0.3, 0.4) is 0 Å². The summed E-state index contributed by atoms with van der Waals surface area (Å²) in [6, 6.07) is 2.66. The summed E-state index contributed by atoms with van der Waals surface area (Å²) in [6.07, 6.45) is 0.351. The van der Waals surface area contributed by atoms with E-state index in [1.54, 1.807) is 26.0 Å². The molecule has 1 aromatic rings. The van der Waals surface area contributed by atoms with Crippen LogP contribution in [0.25, 0.3) is 0 Å². The number of hydrogen-bond donors (Lipinski definition) is 2. The molecule has 0 spiro atoms. The molecule has 0 aliphatic rings. The van der Waals surface area contributed by atoms with E-state index in [-0.39, 0.29) is 0 Å². The Bertz CT molecular complexity index is 451. The maximum atomic E-state index is 11.3. The highest BCUT2D eigenvalue weighted by Gasteiger charge is 2.29. The Morgan fingerprint density at radius 2 is 1.72 bits per heavy atom. The molecule has 1 atom stereocenters. The number of rotatable bonds is 4. The summed E-state index contributed by atoms with van der Waals surface area (Å²) in [6.45, 7) is 3.46. The predicted molar refractivity (Wildman–Crippen MR) is 76.0 cm³/mol. The summed E-state index contributed by atoms with van der Waals surface area (Å²) in [5.41, 5.74) is 11.2. The molecule has 0 radical (unpaired) electrons. The Labute approximate surface area is 121 Å². The summed E-state index contributed by atoms with van der Waals surface area (Å²) in [4.78, 5) is 11.3. The van der Waals surface area contributed by atoms with Crippen molar-refractivity contribution in [2.24, 2.45) is 16.9 Å². The van der Waals surface area contributed by atoms with E-state index in [9.17, 15) is 4.79 Å². The van der Waals surface area contributed by atoms with Gasteiger partial charge in [-0.05, 0) is 18.6 Å². The van der Waals surface area contributed by atoms with Crippen LogP contribution in [-0.2, 0) is 4.79 Å². The zero-order chi connectivity index (χ0) is 14.1. The van der Waals surface area contributed by atoms with Gasteiger partial charge in [0.05, 0.1) is 0 Å². The molecule has 0 aromatic heterocycles. The van der Waals surface area contributed by atoms with Crippen LogP contribution in [0.4, 0.5) is 0 Å². The van der Waals surface area contributed by atoms with E-state index in [0.29, 0.717) is 27.1 Å². The lowest BCUT2D eigenvalue weighted by Crippen LogP contribution is -2.34. The average Bonchev–Trinajstić information content (AvgIpc) is 2.13. The van der Waals surface area contributed by atoms with Crippen molar-refractivity contribution in [2.45, 2.75) is 26.3 Å². The normalized spacial score (nSPS) is 13.4. The second kappa shape index (κ2) is 5.66. The Morgan fingerprint density at radius 1 is 1.28 bits per heavy atom. The fourth-order valence-electron chi connectivity index (χ4n) is 1.66. The number of hydrogen-bond acceptors (Lipinski definition) is 2. The van der Waals surface area contributed by atoms with Crippen molar-refractivity contribution >= 4 is 40.7 Å². The van der Waals surface area contributed by atoms with Crippen LogP contribution in [0.5, 0.6) is 0 Å². The zero-order valence-electron chi connectivity index (χ0n) is 10.1. The minimum Gasteiger partial charge on any atom is -0.369 e. The number of halogens is 3. The van der Waals surface area contributed by atoms with E-state index in [0.717, 1.165) is 0 Å². The SMILES string of the molecule is CC(C)(CC(N)c1c(Cl)cc(Cl)cc1Cl)C(N)=O. The maximum absolute atomic E-state index is 11.3. The smallest absolute Gasteiger partial charge is 0.223 e. The van der Waals surface area contributed by atoms with Crippen molar-refractivity contribution in [1.29, 1.82) is 0 Å². The van der Waals surface area contributed by atoms with Crippen molar-refractivity contribution in [1.82, 2.24) is 0 Å². The summed E-state index contributed by atoms with van der Waals surface area (Å²) in [5.74, 6) is -0.417. The summed E-state index contributed by atoms with van der Waals surface area (Å²) < 4.78 is 0. The molecule has 4 N–H and O–H groups in total. The highest BCUT2D eigenvalue weighted by Crippen LogP contribution is 2.37. The molecular weight excluding hydrogens is 295 g/mol. The van der Waals surface area contributed by atoms with Gasteiger partial charge in [0.25, 0.3) is 0 Å². The lowest BCUT2D eigenvalue weighted by atomic mass is 9.83. The third-order valence-corrected chi connectivity index (χ3v) is 3.66. The van der Waals surface area contributed by atoms with Crippen LogP contribution in [0.15, 0.2) is 12.1 Å². The molecule has 0 bridgehead atoms. The van der Waals surface area contributed by atoms with Crippen molar-refractivity contribution in [3.63, 3.8) is 0 Å². The molecule has 18 heavy (non-hydrogen) atoms. The minimum atomic E-state index is -0.730. The topological polar surface area (TPSA) is 69.1 Å². The first-order valence-electron chi connectivity index (χ1n) is 5.35. The third kappa shape index (κ3) is 3.51. The molecule has 1 aromatic carbocycles. The van der Waals surface area contributed by atoms with Gasteiger partial charge in [-0.3, -0.25) is 4.79 Å². The average molecular weight is 310 g/mol. The molecular formula is C12H15Cl3N2O. The van der Waals surface area contributed by atoms with Crippen molar-refractivity contribution in [2.75, 3.05) is 0 Å². The first kappa shape index (κ1) is 15.6. The molecule has 1 amide bonds. The lowest BCUT2D eigenvalue weighted by Gasteiger charge is -2.25. The summed E-state index contributed by atoms with van der Waals surface area (Å²) in [5, 5.41) is 1.22. The monoisotopic (exact) mass is 308 g/mol. The van der Waals surface area contributed by atoms with Gasteiger partial charge in [-0.2, -0.15) is 0 Å². The molecule has 0 heterocycles. The van der Waals surface area contributed by atoms with Crippen LogP contribution in [0.1, 0.15) is 31.9 Å². The van der Waals surface area contributed by atoms with Crippen LogP contribution in [0.2, 0.25) is 15.1 Å². The lowest BCUT2D eigenvalue weighted by molar-refractivity contribution is -0.126. The third-order valence-electron chi connectivity index (χ3n) is 2.81. The zero-order valence-corrected chi connectivity index (χ0v) is 12.4. The Balaban J connectivity index is 3.05. The van der Waals surface area contributed by atoms with Crippen molar-refractivity contribution in [3.05, 3.63) is 32.8 Å². The first-order chi connectivity index (χ1) is 8.15. The fraction of sp³-hybridized carbons (Fsp3) is 0.417. The molecule has 100 valence electrons. The Morgan fingerprint density at radius 3 is 2.11 bits per heavy atom. The van der Waals surface area contributed by atoms with Gasteiger partial charge in [-0.15, -0.1) is 0 Å². The Hall–Kier alpha value is -0.480. The number of primary amides is 1. The molecule has 3 nitrogen and oxygen atoms in total. The Kier molecular flexibility index (Phi) is 4.90. The molecule has 0 saturated carbocycles. The highest BCUT2D eigenvalue weighted by atomic mass is 35.5. The van der Waals surface area contributed by atoms with Gasteiger partial charge in [0.15, 0.2) is 0 Å². The molecule has 1 rings (SSSR count). The number of amides is 1. The quantitative estimate of drug-likeness (QED) is 0.893. The van der Waals surface area contributed by atoms with Gasteiger partial charge < -0.3 is 11.5 Å². The maximum Gasteiger partial charge on any atom is 0.223 e. The van der Waals surface area contributed by atoms with Gasteiger partial charge >= 0.3 is 0 Å². The van der Waals surface area contributed by atoms with Crippen LogP contribution in [-0.4, -0.2) is 5.91 Å². The van der Waals surface area contributed by atoms with E-state index in [1.807, 2.05) is 0 Å². The standard InChI is InChI=1S/C12H15Cl3N2O/c1-12(2,11(17)18)5-9(16)10-7(14)3-6(13)4-8(10)15/h3-4,9H,5,16H2,1-2H3,(H2,17,18). The molecule has 6 heteroatoms. The number of nitrogens with two attached hydrogens (primary N) is 2. The second-order valence-corrected chi connectivity index (χ2v) is 6.09. The van der Waals surface area contributed by atoms with E-state index >= 15 is 0 Å². The summed E-state index contributed by atoms with van der Waals surface area (Å²) >= 11 is 18.0. The number of carbonyl (C=O) groups excluding carboxylic acids is 1. The number of carbonyl (C=O) groups is 1. The van der Waals surface area contributed by atoms with Crippen LogP contribution >= 0.6 is 34.8 Å². The predicted octanol–water partition coefficient (Wildman–Crippen LogP) is 3.55. The van der Waals surface area contributed by atoms with Crippen LogP contribution < -0.4 is 11.5 Å². The molecule has 0 saturated heterocycles. The van der Waals surface area contributed by atoms with E-state index in [4.69, 9.17) is 46.3 Å². The first-order valence-corrected chi connectivity index (χ1v) is 6.48. The summed E-state index contributed by atoms with van der Waals surface area (Å²) in [7, 11) is 0. The highest BCUT2D eigenvalue weighted by molar-refractivity contribution is 6.39. The van der Waals surface area contributed by atoms with E-state index in [2.05, 4.69) is 0 Å². The van der Waals surface area contributed by atoms with Crippen molar-refractivity contribution < 1.29 is 4.79 Å². The van der Waals surface area contributed by atoms with E-state index < -0.39 is 17.4 Å². The van der Waals surface area contributed by atoms with Gasteiger partial charge in [-0.1, -0.05) is 48.7 Å². The van der Waals surface area contributed by atoms with Crippen LogP contribution in [0, 0.1) is 5.41 Å². The molecule has 0 aliphatic carbocycles. The minimum absolute atomic E-state index is 0.351. The fourth-order valence-corrected chi connectivity index (χ4v) is 2.76. The van der Waals surface area contributed by atoms with Crippen molar-refractivity contribution in [3.8, 4) is 0 Å². The van der Waals surface area contributed by atoms with Gasteiger partial charge in [0, 0.05) is 32.1 Å². The van der Waals surface area contributed by atoms with Gasteiger partial charge in [0.2, 0.25) is 5.91 Å². The largest absolute Gasteiger partial charge is 0.369 e.